The predicted octanol–water partition coefficient (Wildman–Crippen LogP) is 3.86. The summed E-state index contributed by atoms with van der Waals surface area (Å²) < 4.78 is 38.4. The van der Waals surface area contributed by atoms with E-state index in [1.54, 1.807) is 0 Å². The molecule has 1 unspecified atom stereocenters. The summed E-state index contributed by atoms with van der Waals surface area (Å²) in [5.41, 5.74) is 0.469. The number of aliphatic hydroxyl groups excluding tert-OH is 1. The van der Waals surface area contributed by atoms with Crippen LogP contribution in [0.1, 0.15) is 17.2 Å². The van der Waals surface area contributed by atoms with Crippen LogP contribution in [0.2, 0.25) is 0 Å². The van der Waals surface area contributed by atoms with E-state index in [0.29, 0.717) is 11.4 Å². The highest BCUT2D eigenvalue weighted by Gasteiger charge is 2.30. The van der Waals surface area contributed by atoms with Crippen LogP contribution in [0.15, 0.2) is 42.0 Å². The number of aromatic nitrogens is 2. The van der Waals surface area contributed by atoms with Crippen LogP contribution >= 0.6 is 11.3 Å². The molecule has 1 aromatic carbocycles. The maximum absolute atomic E-state index is 12.5. The third-order valence-electron chi connectivity index (χ3n) is 3.33. The van der Waals surface area contributed by atoms with E-state index >= 15 is 0 Å². The van der Waals surface area contributed by atoms with Gasteiger partial charge in [-0.1, -0.05) is 12.1 Å². The van der Waals surface area contributed by atoms with Gasteiger partial charge in [0.1, 0.15) is 12.1 Å². The molecule has 4 nitrogen and oxygen atoms in total. The Labute approximate surface area is 133 Å². The second-order valence-corrected chi connectivity index (χ2v) is 5.79. The number of hydrogen-bond acceptors (Lipinski definition) is 5. The van der Waals surface area contributed by atoms with Gasteiger partial charge < -0.3 is 10.4 Å². The molecule has 0 saturated carbocycles. The van der Waals surface area contributed by atoms with Crippen molar-refractivity contribution < 1.29 is 18.3 Å². The fraction of sp³-hybridized carbons (Fsp3) is 0.200. The van der Waals surface area contributed by atoms with Crippen molar-refractivity contribution in [3.8, 4) is 0 Å². The number of nitrogens with zero attached hydrogens (tertiary/aromatic N) is 2. The standard InChI is InChI=1S/C15H12F3N3OS/c16-15(17,18)10-3-1-9(2-4-10)12(22)7-19-14-13-11(5-6-23-13)20-8-21-14/h1-6,8,12,22H,7H2,(H,19,20,21). The van der Waals surface area contributed by atoms with E-state index in [0.717, 1.165) is 22.3 Å². The third-order valence-corrected chi connectivity index (χ3v) is 4.24. The van der Waals surface area contributed by atoms with Crippen molar-refractivity contribution in [2.24, 2.45) is 0 Å². The van der Waals surface area contributed by atoms with E-state index in [9.17, 15) is 18.3 Å². The minimum atomic E-state index is -4.38. The van der Waals surface area contributed by atoms with Crippen LogP contribution in [0.3, 0.4) is 0 Å². The van der Waals surface area contributed by atoms with Crippen LogP contribution < -0.4 is 5.32 Å². The molecule has 2 aromatic heterocycles. The number of anilines is 1. The van der Waals surface area contributed by atoms with Gasteiger partial charge in [0.25, 0.3) is 0 Å². The third kappa shape index (κ3) is 3.43. The van der Waals surface area contributed by atoms with Gasteiger partial charge >= 0.3 is 6.18 Å². The molecule has 0 spiro atoms. The Morgan fingerprint density at radius 3 is 2.57 bits per heavy atom. The van der Waals surface area contributed by atoms with E-state index in [4.69, 9.17) is 0 Å². The van der Waals surface area contributed by atoms with Gasteiger partial charge in [0.05, 0.1) is 21.9 Å². The average molecular weight is 339 g/mol. The summed E-state index contributed by atoms with van der Waals surface area (Å²) in [6, 6.07) is 6.33. The molecule has 3 aromatic rings. The molecule has 0 saturated heterocycles. The SMILES string of the molecule is OC(CNc1ncnc2ccsc12)c1ccc(C(F)(F)F)cc1. The first-order chi connectivity index (χ1) is 10.9. The second-order valence-electron chi connectivity index (χ2n) is 4.87. The average Bonchev–Trinajstić information content (AvgIpc) is 3.01. The quantitative estimate of drug-likeness (QED) is 0.758. The molecule has 0 radical (unpaired) electrons. The van der Waals surface area contributed by atoms with E-state index in [2.05, 4.69) is 15.3 Å². The smallest absolute Gasteiger partial charge is 0.387 e. The number of nitrogens with one attached hydrogen (secondary N) is 1. The van der Waals surface area contributed by atoms with E-state index in [1.807, 2.05) is 11.4 Å². The molecule has 0 aliphatic heterocycles. The summed E-state index contributed by atoms with van der Waals surface area (Å²) in [5, 5.41) is 15.0. The number of aliphatic hydroxyl groups is 1. The van der Waals surface area contributed by atoms with E-state index in [-0.39, 0.29) is 6.54 Å². The molecule has 0 bridgehead atoms. The highest BCUT2D eigenvalue weighted by molar-refractivity contribution is 7.17. The van der Waals surface area contributed by atoms with Gasteiger partial charge in [-0.15, -0.1) is 11.3 Å². The fourth-order valence-electron chi connectivity index (χ4n) is 2.12. The fourth-order valence-corrected chi connectivity index (χ4v) is 2.93. The Balaban J connectivity index is 1.70. The van der Waals surface area contributed by atoms with Crippen molar-refractivity contribution in [1.29, 1.82) is 0 Å². The zero-order valence-electron chi connectivity index (χ0n) is 11.7. The van der Waals surface area contributed by atoms with Gasteiger partial charge in [0.15, 0.2) is 0 Å². The lowest BCUT2D eigenvalue weighted by molar-refractivity contribution is -0.137. The Morgan fingerprint density at radius 1 is 1.13 bits per heavy atom. The molecule has 0 aliphatic carbocycles. The maximum atomic E-state index is 12.5. The van der Waals surface area contributed by atoms with Crippen molar-refractivity contribution in [2.75, 3.05) is 11.9 Å². The highest BCUT2D eigenvalue weighted by atomic mass is 32.1. The van der Waals surface area contributed by atoms with Crippen molar-refractivity contribution >= 4 is 27.4 Å². The molecule has 0 fully saturated rings. The second kappa shape index (κ2) is 6.13. The topological polar surface area (TPSA) is 58.0 Å². The number of fused-ring (bicyclic) bond motifs is 1. The number of alkyl halides is 3. The summed E-state index contributed by atoms with van der Waals surface area (Å²) in [6.45, 7) is 0.134. The Bertz CT molecular complexity index is 802. The highest BCUT2D eigenvalue weighted by Crippen LogP contribution is 2.30. The molecule has 2 heterocycles. The predicted molar refractivity (Wildman–Crippen MR) is 82.3 cm³/mol. The Morgan fingerprint density at radius 2 is 1.87 bits per heavy atom. The van der Waals surface area contributed by atoms with Crippen LogP contribution in [-0.2, 0) is 6.18 Å². The molecule has 3 rings (SSSR count). The first-order valence-electron chi connectivity index (χ1n) is 6.72. The van der Waals surface area contributed by atoms with Gasteiger partial charge in [-0.05, 0) is 29.1 Å². The molecule has 120 valence electrons. The summed E-state index contributed by atoms with van der Waals surface area (Å²) in [4.78, 5) is 8.23. The lowest BCUT2D eigenvalue weighted by Gasteiger charge is -2.14. The van der Waals surface area contributed by atoms with Crippen molar-refractivity contribution in [3.63, 3.8) is 0 Å². The molecule has 0 aliphatic rings. The molecular weight excluding hydrogens is 327 g/mol. The molecular formula is C15H12F3N3OS. The minimum Gasteiger partial charge on any atom is -0.387 e. The maximum Gasteiger partial charge on any atom is 0.416 e. The van der Waals surface area contributed by atoms with Crippen LogP contribution in [0.5, 0.6) is 0 Å². The number of halogens is 3. The normalized spacial score (nSPS) is 13.2. The van der Waals surface area contributed by atoms with Crippen LogP contribution in [-0.4, -0.2) is 21.6 Å². The van der Waals surface area contributed by atoms with E-state index < -0.39 is 17.8 Å². The van der Waals surface area contributed by atoms with Gasteiger partial charge in [-0.25, -0.2) is 9.97 Å². The first kappa shape index (κ1) is 15.7. The number of hydrogen-bond donors (Lipinski definition) is 2. The zero-order chi connectivity index (χ0) is 16.4. The van der Waals surface area contributed by atoms with Gasteiger partial charge in [-0.2, -0.15) is 13.2 Å². The van der Waals surface area contributed by atoms with Gasteiger partial charge in [0.2, 0.25) is 0 Å². The minimum absolute atomic E-state index is 0.134. The Hall–Kier alpha value is -2.19. The molecule has 0 amide bonds. The number of benzene rings is 1. The van der Waals surface area contributed by atoms with Crippen molar-refractivity contribution in [2.45, 2.75) is 12.3 Å². The molecule has 8 heteroatoms. The molecule has 23 heavy (non-hydrogen) atoms. The van der Waals surface area contributed by atoms with Gasteiger partial charge in [0, 0.05) is 6.54 Å². The van der Waals surface area contributed by atoms with Crippen LogP contribution in [0.25, 0.3) is 10.2 Å². The summed E-state index contributed by atoms with van der Waals surface area (Å²) in [5.74, 6) is 0.593. The number of thiophene rings is 1. The number of rotatable bonds is 4. The monoisotopic (exact) mass is 339 g/mol. The van der Waals surface area contributed by atoms with Crippen molar-refractivity contribution in [3.05, 3.63) is 53.2 Å². The van der Waals surface area contributed by atoms with E-state index in [1.165, 1.54) is 29.8 Å². The lowest BCUT2D eigenvalue weighted by atomic mass is 10.1. The van der Waals surface area contributed by atoms with Gasteiger partial charge in [-0.3, -0.25) is 0 Å². The first-order valence-corrected chi connectivity index (χ1v) is 7.60. The van der Waals surface area contributed by atoms with Crippen LogP contribution in [0, 0.1) is 0 Å². The Kier molecular flexibility index (Phi) is 4.18. The summed E-state index contributed by atoms with van der Waals surface area (Å²) in [7, 11) is 0. The molecule has 1 atom stereocenters. The van der Waals surface area contributed by atoms with Crippen LogP contribution in [0.4, 0.5) is 19.0 Å². The summed E-state index contributed by atoms with van der Waals surface area (Å²) >= 11 is 1.47. The summed E-state index contributed by atoms with van der Waals surface area (Å²) in [6.07, 6.45) is -3.91. The lowest BCUT2D eigenvalue weighted by Crippen LogP contribution is -2.13. The zero-order valence-corrected chi connectivity index (χ0v) is 12.5. The molecule has 2 N–H and O–H groups in total. The largest absolute Gasteiger partial charge is 0.416 e. The van der Waals surface area contributed by atoms with Crippen molar-refractivity contribution in [1.82, 2.24) is 9.97 Å².